The number of unbranched alkanes of at least 4 members (excludes halogenated alkanes) is 3. The van der Waals surface area contributed by atoms with Crippen molar-refractivity contribution in [2.75, 3.05) is 6.54 Å². The van der Waals surface area contributed by atoms with Crippen molar-refractivity contribution in [2.45, 2.75) is 38.5 Å². The van der Waals surface area contributed by atoms with Crippen LogP contribution in [0.3, 0.4) is 0 Å². The Morgan fingerprint density at radius 3 is 2.58 bits per heavy atom. The molecule has 6 nitrogen and oxygen atoms in total. The molecule has 1 aliphatic heterocycles. The van der Waals surface area contributed by atoms with Crippen molar-refractivity contribution in [2.24, 2.45) is 0 Å². The normalized spacial score (nSPS) is 15.8. The lowest BCUT2D eigenvalue weighted by Gasteiger charge is -2.13. The molecule has 140 valence electrons. The second kappa shape index (κ2) is 9.71. The molecular weight excluding hydrogens is 379 g/mol. The highest BCUT2D eigenvalue weighted by atomic mass is 35.5. The number of nitrogens with zero attached hydrogens (tertiary/aromatic N) is 1. The summed E-state index contributed by atoms with van der Waals surface area (Å²) >= 11 is 11.8. The summed E-state index contributed by atoms with van der Waals surface area (Å²) in [4.78, 5) is 36.7. The number of carbonyl (C=O) groups is 3. The molecule has 0 aromatic heterocycles. The number of amides is 3. The molecule has 3 amide bonds. The third-order valence-electron chi connectivity index (χ3n) is 4.11. The van der Waals surface area contributed by atoms with E-state index in [1.54, 1.807) is 29.8 Å². The van der Waals surface area contributed by atoms with Crippen LogP contribution >= 0.6 is 23.2 Å². The van der Waals surface area contributed by atoms with Crippen LogP contribution < -0.4 is 5.48 Å². The minimum Gasteiger partial charge on any atom is -0.289 e. The van der Waals surface area contributed by atoms with Gasteiger partial charge in [0.2, 0.25) is 11.8 Å². The molecule has 0 bridgehead atoms. The Morgan fingerprint density at radius 2 is 1.88 bits per heavy atom. The van der Waals surface area contributed by atoms with Crippen LogP contribution in [0.25, 0.3) is 6.08 Å². The van der Waals surface area contributed by atoms with Crippen molar-refractivity contribution in [3.05, 3.63) is 39.4 Å². The first-order valence-corrected chi connectivity index (χ1v) is 9.11. The van der Waals surface area contributed by atoms with Crippen LogP contribution in [0.4, 0.5) is 0 Å². The lowest BCUT2D eigenvalue weighted by molar-refractivity contribution is -0.137. The molecule has 26 heavy (non-hydrogen) atoms. The van der Waals surface area contributed by atoms with Crippen LogP contribution in [0.5, 0.6) is 0 Å². The Morgan fingerprint density at radius 1 is 1.15 bits per heavy atom. The summed E-state index contributed by atoms with van der Waals surface area (Å²) in [5.41, 5.74) is 2.74. The van der Waals surface area contributed by atoms with Crippen LogP contribution in [-0.2, 0) is 14.4 Å². The van der Waals surface area contributed by atoms with E-state index in [9.17, 15) is 14.4 Å². The number of likely N-dealkylation sites (tertiary alicyclic amines) is 1. The van der Waals surface area contributed by atoms with Crippen LogP contribution in [-0.4, -0.2) is 34.4 Å². The van der Waals surface area contributed by atoms with Gasteiger partial charge in [-0.15, -0.1) is 0 Å². The number of halogens is 2. The van der Waals surface area contributed by atoms with E-state index in [-0.39, 0.29) is 24.7 Å². The molecule has 0 unspecified atom stereocenters. The number of nitrogens with one attached hydrogen (secondary N) is 1. The van der Waals surface area contributed by atoms with Crippen LogP contribution in [0.2, 0.25) is 10.0 Å². The number of rotatable bonds is 8. The summed E-state index contributed by atoms with van der Waals surface area (Å²) in [5.74, 6) is -0.895. The highest BCUT2D eigenvalue weighted by Gasteiger charge is 2.33. The predicted octanol–water partition coefficient (Wildman–Crippen LogP) is 3.59. The maximum atomic E-state index is 12.4. The number of imide groups is 1. The van der Waals surface area contributed by atoms with Gasteiger partial charge in [-0.3, -0.25) is 24.5 Å². The number of carbonyl (C=O) groups excluding carboxylic acids is 3. The first-order chi connectivity index (χ1) is 12.4. The predicted molar refractivity (Wildman–Crippen MR) is 98.8 cm³/mol. The van der Waals surface area contributed by atoms with Gasteiger partial charge in [0.1, 0.15) is 0 Å². The molecule has 0 radical (unpaired) electrons. The van der Waals surface area contributed by atoms with Gasteiger partial charge in [0.15, 0.2) is 0 Å². The molecule has 2 N–H and O–H groups in total. The second-order valence-electron chi connectivity index (χ2n) is 6.07. The summed E-state index contributed by atoms with van der Waals surface area (Å²) in [6.45, 7) is 0.364. The van der Waals surface area contributed by atoms with E-state index in [2.05, 4.69) is 0 Å². The Balaban J connectivity index is 1.85. The smallest absolute Gasteiger partial charge is 0.256 e. The lowest BCUT2D eigenvalue weighted by atomic mass is 10.1. The summed E-state index contributed by atoms with van der Waals surface area (Å²) in [7, 11) is 0. The van der Waals surface area contributed by atoms with Gasteiger partial charge >= 0.3 is 0 Å². The fourth-order valence-corrected chi connectivity index (χ4v) is 3.03. The molecule has 2 rings (SSSR count). The van der Waals surface area contributed by atoms with Gasteiger partial charge in [-0.05, 0) is 36.6 Å². The van der Waals surface area contributed by atoms with E-state index in [0.29, 0.717) is 35.0 Å². The molecule has 1 aliphatic rings. The number of hydrogen-bond acceptors (Lipinski definition) is 4. The first-order valence-electron chi connectivity index (χ1n) is 8.35. The van der Waals surface area contributed by atoms with Crippen molar-refractivity contribution in [1.82, 2.24) is 10.4 Å². The molecule has 8 heteroatoms. The zero-order chi connectivity index (χ0) is 19.1. The average molecular weight is 399 g/mol. The van der Waals surface area contributed by atoms with E-state index in [4.69, 9.17) is 28.4 Å². The SMILES string of the molecule is O=C(CCCCCCN1C(=O)C/C(=C\c2ccc(Cl)c(Cl)c2)C1=O)NO. The second-order valence-corrected chi connectivity index (χ2v) is 6.88. The minimum atomic E-state index is -0.410. The zero-order valence-corrected chi connectivity index (χ0v) is 15.6. The van der Waals surface area contributed by atoms with Gasteiger partial charge < -0.3 is 0 Å². The molecule has 0 spiro atoms. The van der Waals surface area contributed by atoms with Crippen LogP contribution in [0.15, 0.2) is 23.8 Å². The largest absolute Gasteiger partial charge is 0.289 e. The molecule has 1 saturated heterocycles. The Labute approximate surface area is 161 Å². The van der Waals surface area contributed by atoms with Crippen molar-refractivity contribution >= 4 is 47.0 Å². The first kappa shape index (κ1) is 20.4. The van der Waals surface area contributed by atoms with E-state index < -0.39 is 5.91 Å². The third kappa shape index (κ3) is 5.56. The van der Waals surface area contributed by atoms with Crippen molar-refractivity contribution in [3.8, 4) is 0 Å². The summed E-state index contributed by atoms with van der Waals surface area (Å²) in [6, 6.07) is 5.04. The fraction of sp³-hybridized carbons (Fsp3) is 0.389. The van der Waals surface area contributed by atoms with Crippen molar-refractivity contribution < 1.29 is 19.6 Å². The number of benzene rings is 1. The van der Waals surface area contributed by atoms with Gasteiger partial charge in [0.05, 0.1) is 16.5 Å². The minimum absolute atomic E-state index is 0.0791. The van der Waals surface area contributed by atoms with Crippen LogP contribution in [0.1, 0.15) is 44.1 Å². The summed E-state index contributed by atoms with van der Waals surface area (Å²) in [5, 5.41) is 9.22. The molecular formula is C18H20Cl2N2O4. The molecule has 0 atom stereocenters. The van der Waals surface area contributed by atoms with Gasteiger partial charge in [-0.1, -0.05) is 42.1 Å². The summed E-state index contributed by atoms with van der Waals surface area (Å²) < 4.78 is 0. The van der Waals surface area contributed by atoms with Crippen molar-refractivity contribution in [3.63, 3.8) is 0 Å². The van der Waals surface area contributed by atoms with E-state index in [0.717, 1.165) is 18.4 Å². The number of hydrogen-bond donors (Lipinski definition) is 2. The fourth-order valence-electron chi connectivity index (χ4n) is 2.73. The maximum absolute atomic E-state index is 12.4. The Hall–Kier alpha value is -1.89. The van der Waals surface area contributed by atoms with Crippen molar-refractivity contribution in [1.29, 1.82) is 0 Å². The highest BCUT2D eigenvalue weighted by molar-refractivity contribution is 6.42. The molecule has 1 aromatic rings. The van der Waals surface area contributed by atoms with Gasteiger partial charge in [0, 0.05) is 18.5 Å². The van der Waals surface area contributed by atoms with E-state index >= 15 is 0 Å². The Kier molecular flexibility index (Phi) is 7.63. The third-order valence-corrected chi connectivity index (χ3v) is 4.85. The maximum Gasteiger partial charge on any atom is 0.256 e. The van der Waals surface area contributed by atoms with E-state index in [1.807, 2.05) is 0 Å². The Bertz CT molecular complexity index is 734. The topological polar surface area (TPSA) is 86.7 Å². The monoisotopic (exact) mass is 398 g/mol. The molecule has 1 heterocycles. The van der Waals surface area contributed by atoms with Crippen LogP contribution in [0, 0.1) is 0 Å². The van der Waals surface area contributed by atoms with E-state index in [1.165, 1.54) is 4.90 Å². The molecule has 0 saturated carbocycles. The highest BCUT2D eigenvalue weighted by Crippen LogP contribution is 2.26. The summed E-state index contributed by atoms with van der Waals surface area (Å²) in [6.07, 6.45) is 4.91. The lowest BCUT2D eigenvalue weighted by Crippen LogP contribution is -2.30. The number of hydroxylamine groups is 1. The molecule has 1 aromatic carbocycles. The quantitative estimate of drug-likeness (QED) is 0.230. The van der Waals surface area contributed by atoms with Gasteiger partial charge in [-0.2, -0.15) is 0 Å². The standard InChI is InChI=1S/C18H20Cl2N2O4/c19-14-7-6-12(10-15(14)20)9-13-11-17(24)22(18(13)25)8-4-2-1-3-5-16(23)21-26/h6-7,9-10,26H,1-5,8,11H2,(H,21,23)/b13-9+. The van der Waals surface area contributed by atoms with Gasteiger partial charge in [-0.25, -0.2) is 5.48 Å². The molecule has 0 aliphatic carbocycles. The zero-order valence-electron chi connectivity index (χ0n) is 14.1. The molecule has 1 fully saturated rings. The van der Waals surface area contributed by atoms with Gasteiger partial charge in [0.25, 0.3) is 5.91 Å². The average Bonchev–Trinajstić information content (AvgIpc) is 2.87.